The number of ether oxygens (including phenoxy) is 1. The molecule has 0 saturated heterocycles. The van der Waals surface area contributed by atoms with Gasteiger partial charge in [0.25, 0.3) is 0 Å². The van der Waals surface area contributed by atoms with Crippen LogP contribution in [0.3, 0.4) is 0 Å². The molecule has 0 fully saturated rings. The van der Waals surface area contributed by atoms with Crippen molar-refractivity contribution in [1.29, 1.82) is 0 Å². The van der Waals surface area contributed by atoms with Crippen molar-refractivity contribution < 1.29 is 4.74 Å². The molecule has 5 heteroatoms. The van der Waals surface area contributed by atoms with Crippen LogP contribution in [-0.2, 0) is 16.8 Å². The first-order chi connectivity index (χ1) is 9.60. The van der Waals surface area contributed by atoms with Gasteiger partial charge in [0.05, 0.1) is 0 Å². The molecular weight excluding hydrogens is 292 g/mol. The highest BCUT2D eigenvalue weighted by Gasteiger charge is 2.33. The Morgan fingerprint density at radius 1 is 1.20 bits per heavy atom. The average Bonchev–Trinajstić information content (AvgIpc) is 2.88. The normalized spacial score (nSPS) is 12.2. The Hall–Kier alpha value is -0.710. The molecule has 0 aromatic carbocycles. The second-order valence-corrected chi connectivity index (χ2v) is 6.23. The third kappa shape index (κ3) is 2.69. The van der Waals surface area contributed by atoms with Crippen LogP contribution in [0.4, 0.5) is 0 Å². The molecule has 0 atom stereocenters. The molecule has 110 valence electrons. The summed E-state index contributed by atoms with van der Waals surface area (Å²) in [6.45, 7) is 8.99. The van der Waals surface area contributed by atoms with Crippen molar-refractivity contribution in [3.63, 3.8) is 0 Å². The molecule has 0 N–H and O–H groups in total. The second-order valence-electron chi connectivity index (χ2n) is 4.76. The van der Waals surface area contributed by atoms with Gasteiger partial charge in [-0.05, 0) is 32.3 Å². The molecule has 2 heterocycles. The zero-order chi connectivity index (χ0) is 14.8. The number of rotatable bonds is 6. The summed E-state index contributed by atoms with van der Waals surface area (Å²) in [5.74, 6) is 0.714. The van der Waals surface area contributed by atoms with E-state index in [0.717, 1.165) is 29.5 Å². The summed E-state index contributed by atoms with van der Waals surface area (Å²) in [4.78, 5) is 11.5. The molecule has 0 spiro atoms. The summed E-state index contributed by atoms with van der Waals surface area (Å²) in [5.41, 5.74) is -0.428. The van der Waals surface area contributed by atoms with Crippen LogP contribution in [0.25, 0.3) is 10.2 Å². The van der Waals surface area contributed by atoms with Crippen molar-refractivity contribution >= 4 is 33.2 Å². The third-order valence-electron chi connectivity index (χ3n) is 3.72. The summed E-state index contributed by atoms with van der Waals surface area (Å²) in [6, 6.07) is 2.09. The third-order valence-corrected chi connectivity index (χ3v) is 5.18. The van der Waals surface area contributed by atoms with Crippen molar-refractivity contribution in [3.8, 4) is 0 Å². The summed E-state index contributed by atoms with van der Waals surface area (Å²) < 4.78 is 5.97. The summed E-state index contributed by atoms with van der Waals surface area (Å²) >= 11 is 8.04. The highest BCUT2D eigenvalue weighted by atomic mass is 35.5. The Morgan fingerprint density at radius 2 is 1.90 bits per heavy atom. The van der Waals surface area contributed by atoms with Crippen LogP contribution >= 0.6 is 22.9 Å². The predicted molar refractivity (Wildman–Crippen MR) is 85.7 cm³/mol. The molecule has 0 amide bonds. The van der Waals surface area contributed by atoms with Crippen molar-refractivity contribution in [1.82, 2.24) is 9.97 Å². The zero-order valence-electron chi connectivity index (χ0n) is 12.5. The Kier molecular flexibility index (Phi) is 4.99. The lowest BCUT2D eigenvalue weighted by Crippen LogP contribution is -2.30. The second kappa shape index (κ2) is 6.37. The number of halogens is 1. The van der Waals surface area contributed by atoms with Gasteiger partial charge in [-0.1, -0.05) is 32.4 Å². The van der Waals surface area contributed by atoms with Gasteiger partial charge in [0.2, 0.25) is 0 Å². The number of nitrogens with zero attached hydrogens (tertiary/aromatic N) is 2. The van der Waals surface area contributed by atoms with Crippen LogP contribution in [0.2, 0.25) is 5.15 Å². The van der Waals surface area contributed by atoms with E-state index in [1.165, 1.54) is 4.88 Å². The number of fused-ring (bicyclic) bond motifs is 1. The molecule has 0 aliphatic heterocycles. The first kappa shape index (κ1) is 15.7. The fraction of sp³-hybridized carbons (Fsp3) is 0.600. The number of thiophene rings is 1. The highest BCUT2D eigenvalue weighted by molar-refractivity contribution is 7.18. The Labute approximate surface area is 129 Å². The molecule has 2 rings (SSSR count). The minimum absolute atomic E-state index is 0.428. The molecule has 3 nitrogen and oxygen atoms in total. The van der Waals surface area contributed by atoms with Crippen LogP contribution < -0.4 is 0 Å². The quantitative estimate of drug-likeness (QED) is 0.707. The van der Waals surface area contributed by atoms with E-state index in [9.17, 15) is 0 Å². The van der Waals surface area contributed by atoms with Crippen molar-refractivity contribution in [2.75, 3.05) is 6.61 Å². The van der Waals surface area contributed by atoms with Gasteiger partial charge in [0, 0.05) is 16.9 Å². The standard InChI is InChI=1S/C15H21ClN2OS/c1-5-10-9-11-12(16)17-14(18-13(11)20-10)15(6-2,7-3)19-8-4/h9H,5-8H2,1-4H3. The minimum atomic E-state index is -0.428. The molecule has 0 aliphatic carbocycles. The van der Waals surface area contributed by atoms with E-state index in [4.69, 9.17) is 21.3 Å². The minimum Gasteiger partial charge on any atom is -0.367 e. The first-order valence-electron chi connectivity index (χ1n) is 7.20. The van der Waals surface area contributed by atoms with Crippen LogP contribution in [0.5, 0.6) is 0 Å². The molecule has 0 unspecified atom stereocenters. The number of hydrogen-bond donors (Lipinski definition) is 0. The predicted octanol–water partition coefficient (Wildman–Crippen LogP) is 4.96. The summed E-state index contributed by atoms with van der Waals surface area (Å²) in [7, 11) is 0. The molecule has 0 aliphatic rings. The Bertz CT molecular complexity index is 593. The summed E-state index contributed by atoms with van der Waals surface area (Å²) in [6.07, 6.45) is 2.67. The van der Waals surface area contributed by atoms with Crippen molar-refractivity contribution in [2.24, 2.45) is 0 Å². The lowest BCUT2D eigenvalue weighted by molar-refractivity contribution is -0.0568. The fourth-order valence-corrected chi connectivity index (χ4v) is 3.67. The maximum Gasteiger partial charge on any atom is 0.163 e. The monoisotopic (exact) mass is 312 g/mol. The van der Waals surface area contributed by atoms with Crippen LogP contribution in [0, 0.1) is 0 Å². The molecular formula is C15H21ClN2OS. The van der Waals surface area contributed by atoms with Crippen LogP contribution in [0.1, 0.15) is 51.2 Å². The van der Waals surface area contributed by atoms with Crippen LogP contribution in [0.15, 0.2) is 6.07 Å². The average molecular weight is 313 g/mol. The lowest BCUT2D eigenvalue weighted by Gasteiger charge is -2.29. The molecule has 2 aromatic rings. The highest BCUT2D eigenvalue weighted by Crippen LogP contribution is 2.35. The maximum atomic E-state index is 6.35. The van der Waals surface area contributed by atoms with Gasteiger partial charge in [-0.3, -0.25) is 0 Å². The van der Waals surface area contributed by atoms with Gasteiger partial charge < -0.3 is 4.74 Å². The smallest absolute Gasteiger partial charge is 0.163 e. The van der Waals surface area contributed by atoms with Crippen LogP contribution in [-0.4, -0.2) is 16.6 Å². The van der Waals surface area contributed by atoms with Gasteiger partial charge in [-0.2, -0.15) is 0 Å². The van der Waals surface area contributed by atoms with E-state index in [2.05, 4.69) is 31.8 Å². The van der Waals surface area contributed by atoms with E-state index in [1.807, 2.05) is 6.92 Å². The molecule has 0 bridgehead atoms. The largest absolute Gasteiger partial charge is 0.367 e. The van der Waals surface area contributed by atoms with E-state index in [0.29, 0.717) is 17.6 Å². The SMILES string of the molecule is CCOC(CC)(CC)c1nc(Cl)c2cc(CC)sc2n1. The van der Waals surface area contributed by atoms with Gasteiger partial charge in [0.15, 0.2) is 5.82 Å². The lowest BCUT2D eigenvalue weighted by atomic mass is 9.96. The topological polar surface area (TPSA) is 35.0 Å². The Morgan fingerprint density at radius 3 is 2.45 bits per heavy atom. The van der Waals surface area contributed by atoms with Gasteiger partial charge in [-0.15, -0.1) is 11.3 Å². The first-order valence-corrected chi connectivity index (χ1v) is 8.40. The van der Waals surface area contributed by atoms with Gasteiger partial charge in [0.1, 0.15) is 15.6 Å². The van der Waals surface area contributed by atoms with Gasteiger partial charge in [-0.25, -0.2) is 9.97 Å². The van der Waals surface area contributed by atoms with E-state index in [-0.39, 0.29) is 0 Å². The summed E-state index contributed by atoms with van der Waals surface area (Å²) in [5, 5.41) is 1.49. The molecule has 2 aromatic heterocycles. The number of aryl methyl sites for hydroxylation is 1. The van der Waals surface area contributed by atoms with Gasteiger partial charge >= 0.3 is 0 Å². The fourth-order valence-electron chi connectivity index (χ4n) is 2.43. The molecule has 20 heavy (non-hydrogen) atoms. The number of aromatic nitrogens is 2. The van der Waals surface area contributed by atoms with Crippen molar-refractivity contribution in [2.45, 2.75) is 52.6 Å². The zero-order valence-corrected chi connectivity index (χ0v) is 14.1. The molecule has 0 saturated carbocycles. The van der Waals surface area contributed by atoms with E-state index in [1.54, 1.807) is 11.3 Å². The Balaban J connectivity index is 2.58. The van der Waals surface area contributed by atoms with E-state index >= 15 is 0 Å². The number of hydrogen-bond acceptors (Lipinski definition) is 4. The van der Waals surface area contributed by atoms with E-state index < -0.39 is 5.60 Å². The maximum absolute atomic E-state index is 6.35. The van der Waals surface area contributed by atoms with Crippen molar-refractivity contribution in [3.05, 3.63) is 21.9 Å². The molecule has 0 radical (unpaired) electrons.